The number of nitrogens with two attached hydrogens (primary N) is 1. The van der Waals surface area contributed by atoms with E-state index >= 15 is 0 Å². The average Bonchev–Trinajstić information content (AvgIpc) is 2.47. The Morgan fingerprint density at radius 2 is 1.85 bits per heavy atom. The van der Waals surface area contributed by atoms with Gasteiger partial charge in [-0.2, -0.15) is 15.0 Å². The maximum absolute atomic E-state index is 5.63. The Bertz CT molecular complexity index is 591. The summed E-state index contributed by atoms with van der Waals surface area (Å²) in [4.78, 5) is 14.0. The van der Waals surface area contributed by atoms with Crippen molar-refractivity contribution in [3.05, 3.63) is 29.8 Å². The molecule has 0 spiro atoms. The minimum Gasteiger partial charge on any atom is -0.496 e. The summed E-state index contributed by atoms with van der Waals surface area (Å²) in [6.07, 6.45) is 0. The normalized spacial score (nSPS) is 10.2. The summed E-state index contributed by atoms with van der Waals surface area (Å²) in [5.74, 6) is 1.38. The Morgan fingerprint density at radius 1 is 1.10 bits per heavy atom. The molecule has 0 aliphatic heterocycles. The van der Waals surface area contributed by atoms with Crippen LogP contribution in [0, 0.1) is 0 Å². The lowest BCUT2D eigenvalue weighted by Gasteiger charge is -2.18. The minimum atomic E-state index is 0.124. The van der Waals surface area contributed by atoms with Crippen molar-refractivity contribution in [1.82, 2.24) is 15.0 Å². The molecule has 0 bridgehead atoms. The summed E-state index contributed by atoms with van der Waals surface area (Å²) in [5, 5.41) is 0. The monoisotopic (exact) mass is 275 g/mol. The van der Waals surface area contributed by atoms with Crippen LogP contribution in [0.4, 0.5) is 11.9 Å². The second-order valence-corrected chi connectivity index (χ2v) is 4.15. The smallest absolute Gasteiger partial charge is 0.322 e. The molecule has 0 amide bonds. The molecule has 7 nitrogen and oxygen atoms in total. The summed E-state index contributed by atoms with van der Waals surface area (Å²) in [5.41, 5.74) is 6.65. The summed E-state index contributed by atoms with van der Waals surface area (Å²) in [7, 11) is 4.99. The third-order valence-electron chi connectivity index (χ3n) is 2.74. The minimum absolute atomic E-state index is 0.124. The van der Waals surface area contributed by atoms with E-state index in [1.165, 1.54) is 7.11 Å². The molecule has 2 N–H and O–H groups in total. The number of ether oxygens (including phenoxy) is 2. The number of hydrogen-bond acceptors (Lipinski definition) is 7. The topological polar surface area (TPSA) is 86.4 Å². The van der Waals surface area contributed by atoms with Crippen molar-refractivity contribution in [2.24, 2.45) is 0 Å². The fourth-order valence-corrected chi connectivity index (χ4v) is 1.78. The number of anilines is 2. The van der Waals surface area contributed by atoms with Crippen molar-refractivity contribution in [3.63, 3.8) is 0 Å². The molecule has 0 saturated carbocycles. The van der Waals surface area contributed by atoms with Gasteiger partial charge < -0.3 is 20.1 Å². The molecular weight excluding hydrogens is 258 g/mol. The van der Waals surface area contributed by atoms with Crippen LogP contribution >= 0.6 is 0 Å². The summed E-state index contributed by atoms with van der Waals surface area (Å²) < 4.78 is 10.3. The van der Waals surface area contributed by atoms with Crippen LogP contribution in [0.5, 0.6) is 11.8 Å². The summed E-state index contributed by atoms with van der Waals surface area (Å²) in [6.45, 7) is 0.580. The van der Waals surface area contributed by atoms with Gasteiger partial charge in [-0.25, -0.2) is 0 Å². The van der Waals surface area contributed by atoms with E-state index in [0.29, 0.717) is 12.5 Å². The van der Waals surface area contributed by atoms with Crippen LogP contribution in [-0.4, -0.2) is 36.2 Å². The van der Waals surface area contributed by atoms with Crippen molar-refractivity contribution >= 4 is 11.9 Å². The maximum atomic E-state index is 5.63. The number of benzene rings is 1. The Balaban J connectivity index is 2.23. The maximum Gasteiger partial charge on any atom is 0.322 e. The lowest BCUT2D eigenvalue weighted by molar-refractivity contribution is 0.379. The lowest BCUT2D eigenvalue weighted by Crippen LogP contribution is -2.20. The third-order valence-corrected chi connectivity index (χ3v) is 2.74. The van der Waals surface area contributed by atoms with E-state index in [-0.39, 0.29) is 12.0 Å². The first kappa shape index (κ1) is 13.9. The van der Waals surface area contributed by atoms with Gasteiger partial charge in [0.2, 0.25) is 11.9 Å². The second-order valence-electron chi connectivity index (χ2n) is 4.15. The molecular formula is C13H17N5O2. The van der Waals surface area contributed by atoms with Crippen LogP contribution in [0.3, 0.4) is 0 Å². The van der Waals surface area contributed by atoms with Crippen molar-refractivity contribution in [3.8, 4) is 11.8 Å². The van der Waals surface area contributed by atoms with Gasteiger partial charge >= 0.3 is 6.01 Å². The quantitative estimate of drug-likeness (QED) is 0.874. The first-order valence-electron chi connectivity index (χ1n) is 6.02. The summed E-state index contributed by atoms with van der Waals surface area (Å²) >= 11 is 0. The molecule has 0 atom stereocenters. The third kappa shape index (κ3) is 3.05. The fraction of sp³-hybridized carbons (Fsp3) is 0.308. The van der Waals surface area contributed by atoms with E-state index in [1.807, 2.05) is 36.2 Å². The first-order valence-corrected chi connectivity index (χ1v) is 6.02. The van der Waals surface area contributed by atoms with Crippen molar-refractivity contribution in [1.29, 1.82) is 0 Å². The van der Waals surface area contributed by atoms with Crippen molar-refractivity contribution < 1.29 is 9.47 Å². The van der Waals surface area contributed by atoms with E-state index in [4.69, 9.17) is 15.2 Å². The number of rotatable bonds is 5. The molecule has 0 aliphatic rings. The van der Waals surface area contributed by atoms with Gasteiger partial charge in [0.05, 0.1) is 14.2 Å². The molecule has 106 valence electrons. The zero-order valence-electron chi connectivity index (χ0n) is 11.7. The van der Waals surface area contributed by atoms with Gasteiger partial charge in [0.25, 0.3) is 0 Å². The highest BCUT2D eigenvalue weighted by molar-refractivity contribution is 5.40. The number of hydrogen-bond donors (Lipinski definition) is 1. The molecule has 0 aliphatic carbocycles. The SMILES string of the molecule is COc1nc(N)nc(N(C)Cc2ccccc2OC)n1. The molecule has 0 fully saturated rings. The largest absolute Gasteiger partial charge is 0.496 e. The van der Waals surface area contributed by atoms with Crippen LogP contribution in [-0.2, 0) is 6.54 Å². The molecule has 1 heterocycles. The van der Waals surface area contributed by atoms with Crippen LogP contribution in [0.15, 0.2) is 24.3 Å². The first-order chi connectivity index (χ1) is 9.63. The van der Waals surface area contributed by atoms with Gasteiger partial charge in [-0.05, 0) is 6.07 Å². The zero-order valence-corrected chi connectivity index (χ0v) is 11.7. The van der Waals surface area contributed by atoms with Gasteiger partial charge in [0.15, 0.2) is 0 Å². The Labute approximate surface area is 117 Å². The Kier molecular flexibility index (Phi) is 4.19. The molecule has 0 saturated heterocycles. The van der Waals surface area contributed by atoms with Gasteiger partial charge in [-0.1, -0.05) is 18.2 Å². The molecule has 1 aromatic carbocycles. The molecule has 7 heteroatoms. The van der Waals surface area contributed by atoms with Gasteiger partial charge in [0.1, 0.15) is 5.75 Å². The zero-order chi connectivity index (χ0) is 14.5. The van der Waals surface area contributed by atoms with Crippen molar-refractivity contribution in [2.75, 3.05) is 31.9 Å². The van der Waals surface area contributed by atoms with Gasteiger partial charge in [-0.15, -0.1) is 0 Å². The van der Waals surface area contributed by atoms with Gasteiger partial charge in [0, 0.05) is 19.2 Å². The average molecular weight is 275 g/mol. The predicted molar refractivity (Wildman–Crippen MR) is 75.9 cm³/mol. The second kappa shape index (κ2) is 6.05. The lowest BCUT2D eigenvalue weighted by atomic mass is 10.2. The Morgan fingerprint density at radius 3 is 2.55 bits per heavy atom. The van der Waals surface area contributed by atoms with Crippen LogP contribution < -0.4 is 20.1 Å². The van der Waals surface area contributed by atoms with E-state index in [1.54, 1.807) is 7.11 Å². The van der Waals surface area contributed by atoms with E-state index in [2.05, 4.69) is 15.0 Å². The predicted octanol–water partition coefficient (Wildman–Crippen LogP) is 1.11. The number of aromatic nitrogens is 3. The molecule has 0 radical (unpaired) electrons. The van der Waals surface area contributed by atoms with E-state index in [0.717, 1.165) is 11.3 Å². The van der Waals surface area contributed by atoms with E-state index < -0.39 is 0 Å². The van der Waals surface area contributed by atoms with Crippen molar-refractivity contribution in [2.45, 2.75) is 6.54 Å². The van der Waals surface area contributed by atoms with Crippen LogP contribution in [0.25, 0.3) is 0 Å². The highest BCUT2D eigenvalue weighted by Crippen LogP contribution is 2.21. The molecule has 2 aromatic rings. The van der Waals surface area contributed by atoms with Gasteiger partial charge in [-0.3, -0.25) is 0 Å². The standard InChI is InChI=1S/C13H17N5O2/c1-18(8-9-6-4-5-7-10(9)19-2)12-15-11(14)16-13(17-12)20-3/h4-7H,8H2,1-3H3,(H2,14,15,16,17). The highest BCUT2D eigenvalue weighted by Gasteiger charge is 2.11. The molecule has 2 rings (SSSR count). The number of nitrogen functional groups attached to an aromatic ring is 1. The molecule has 0 unspecified atom stereocenters. The Hall–Kier alpha value is -2.57. The highest BCUT2D eigenvalue weighted by atomic mass is 16.5. The fourth-order valence-electron chi connectivity index (χ4n) is 1.78. The van der Waals surface area contributed by atoms with Crippen LogP contribution in [0.1, 0.15) is 5.56 Å². The summed E-state index contributed by atoms with van der Waals surface area (Å²) in [6, 6.07) is 7.96. The molecule has 1 aromatic heterocycles. The van der Waals surface area contributed by atoms with Crippen LogP contribution in [0.2, 0.25) is 0 Å². The van der Waals surface area contributed by atoms with E-state index in [9.17, 15) is 0 Å². The number of methoxy groups -OCH3 is 2. The molecule has 20 heavy (non-hydrogen) atoms. The number of para-hydroxylation sites is 1. The number of nitrogens with zero attached hydrogens (tertiary/aromatic N) is 4.